The number of aromatic nitrogens is 1. The largest absolute Gasteiger partial charge is 0.487 e. The predicted molar refractivity (Wildman–Crippen MR) is 106 cm³/mol. The van der Waals surface area contributed by atoms with Crippen molar-refractivity contribution in [3.8, 4) is 17.0 Å². The molecule has 0 fully saturated rings. The first-order chi connectivity index (χ1) is 12.3. The first-order valence-corrected chi connectivity index (χ1v) is 8.92. The molecule has 0 N–H and O–H groups in total. The van der Waals surface area contributed by atoms with Crippen LogP contribution in [0.15, 0.2) is 89.4 Å². The minimum atomic E-state index is 0.516. The van der Waals surface area contributed by atoms with E-state index in [1.165, 1.54) is 0 Å². The van der Waals surface area contributed by atoms with Gasteiger partial charge < -0.3 is 4.74 Å². The van der Waals surface area contributed by atoms with Gasteiger partial charge in [0.15, 0.2) is 0 Å². The minimum absolute atomic E-state index is 0.516. The lowest BCUT2D eigenvalue weighted by atomic mass is 10.1. The molecule has 0 saturated carbocycles. The number of ether oxygens (including phenoxy) is 1. The fourth-order valence-corrected chi connectivity index (χ4v) is 3.46. The van der Waals surface area contributed by atoms with Crippen molar-refractivity contribution < 1.29 is 4.74 Å². The lowest BCUT2D eigenvalue weighted by Crippen LogP contribution is -1.99. The molecule has 0 spiro atoms. The van der Waals surface area contributed by atoms with E-state index in [0.717, 1.165) is 37.9 Å². The number of halogens is 1. The van der Waals surface area contributed by atoms with Crippen LogP contribution in [0.1, 0.15) is 5.56 Å². The Morgan fingerprint density at radius 2 is 1.40 bits per heavy atom. The van der Waals surface area contributed by atoms with E-state index in [2.05, 4.69) is 40.2 Å². The highest BCUT2D eigenvalue weighted by molar-refractivity contribution is 9.10. The van der Waals surface area contributed by atoms with Gasteiger partial charge in [-0.25, -0.2) is 4.98 Å². The summed E-state index contributed by atoms with van der Waals surface area (Å²) in [6, 6.07) is 28.4. The smallest absolute Gasteiger partial charge is 0.145 e. The van der Waals surface area contributed by atoms with Crippen molar-refractivity contribution in [1.82, 2.24) is 4.98 Å². The van der Waals surface area contributed by atoms with Gasteiger partial charge in [-0.1, -0.05) is 72.8 Å². The molecule has 1 heterocycles. The number of hydrogen-bond donors (Lipinski definition) is 0. The van der Waals surface area contributed by atoms with Gasteiger partial charge in [0.25, 0.3) is 0 Å². The van der Waals surface area contributed by atoms with Gasteiger partial charge in [-0.15, -0.1) is 0 Å². The van der Waals surface area contributed by atoms with Crippen LogP contribution in [0.2, 0.25) is 0 Å². The van der Waals surface area contributed by atoms with Crippen molar-refractivity contribution in [3.05, 3.63) is 95.0 Å². The molecule has 1 aromatic heterocycles. The zero-order valence-electron chi connectivity index (χ0n) is 13.5. The topological polar surface area (TPSA) is 22.1 Å². The average Bonchev–Trinajstić information content (AvgIpc) is 2.68. The molecule has 3 aromatic carbocycles. The number of pyridine rings is 1. The maximum absolute atomic E-state index is 6.21. The molecule has 0 bridgehead atoms. The third kappa shape index (κ3) is 3.28. The Bertz CT molecular complexity index is 1000. The first kappa shape index (κ1) is 15.9. The first-order valence-electron chi connectivity index (χ1n) is 8.13. The maximum Gasteiger partial charge on any atom is 0.145 e. The van der Waals surface area contributed by atoms with Crippen molar-refractivity contribution in [1.29, 1.82) is 0 Å². The third-order valence-corrected chi connectivity index (χ3v) is 4.80. The Morgan fingerprint density at radius 3 is 2.16 bits per heavy atom. The van der Waals surface area contributed by atoms with Crippen molar-refractivity contribution in [3.63, 3.8) is 0 Å². The van der Waals surface area contributed by atoms with Gasteiger partial charge in [-0.3, -0.25) is 0 Å². The molecule has 0 aliphatic carbocycles. The monoisotopic (exact) mass is 389 g/mol. The fourth-order valence-electron chi connectivity index (χ4n) is 2.82. The molecule has 0 aliphatic heterocycles. The second kappa shape index (κ2) is 7.08. The van der Waals surface area contributed by atoms with Gasteiger partial charge in [0.1, 0.15) is 12.4 Å². The van der Waals surface area contributed by atoms with Crippen LogP contribution < -0.4 is 4.74 Å². The summed E-state index contributed by atoms with van der Waals surface area (Å²) in [5.74, 6) is 0.827. The summed E-state index contributed by atoms with van der Waals surface area (Å²) in [4.78, 5) is 4.83. The Balaban J connectivity index is 1.82. The number of nitrogens with zero attached hydrogens (tertiary/aromatic N) is 1. The van der Waals surface area contributed by atoms with Crippen LogP contribution in [0.4, 0.5) is 0 Å². The number of para-hydroxylation sites is 1. The van der Waals surface area contributed by atoms with Crippen molar-refractivity contribution in [2.24, 2.45) is 0 Å². The van der Waals surface area contributed by atoms with E-state index in [0.29, 0.717) is 6.61 Å². The van der Waals surface area contributed by atoms with Gasteiger partial charge in [-0.2, -0.15) is 0 Å². The third-order valence-electron chi connectivity index (χ3n) is 4.06. The molecular formula is C22H16BrNO. The molecule has 4 aromatic rings. The summed E-state index contributed by atoms with van der Waals surface area (Å²) in [5, 5.41) is 1.00. The minimum Gasteiger partial charge on any atom is -0.487 e. The molecule has 122 valence electrons. The molecule has 2 nitrogen and oxygen atoms in total. The lowest BCUT2D eigenvalue weighted by Gasteiger charge is -2.15. The van der Waals surface area contributed by atoms with Crippen LogP contribution in [0.5, 0.6) is 5.75 Å². The molecule has 3 heteroatoms. The Kier molecular flexibility index (Phi) is 4.49. The highest BCUT2D eigenvalue weighted by Gasteiger charge is 2.15. The average molecular weight is 390 g/mol. The van der Waals surface area contributed by atoms with Crippen LogP contribution in [0.3, 0.4) is 0 Å². The second-order valence-corrected chi connectivity index (χ2v) is 6.55. The van der Waals surface area contributed by atoms with E-state index in [1.807, 2.05) is 60.7 Å². The van der Waals surface area contributed by atoms with Crippen molar-refractivity contribution in [2.75, 3.05) is 0 Å². The standard InChI is InChI=1S/C22H16BrNO/c23-20-21(17-11-5-2-6-12-17)24-19-14-8-7-13-18(19)22(20)25-15-16-9-3-1-4-10-16/h1-14H,15H2. The van der Waals surface area contributed by atoms with E-state index in [1.54, 1.807) is 0 Å². The van der Waals surface area contributed by atoms with Crippen molar-refractivity contribution in [2.45, 2.75) is 6.61 Å². The van der Waals surface area contributed by atoms with Gasteiger partial charge in [-0.05, 0) is 33.6 Å². The quantitative estimate of drug-likeness (QED) is 0.411. The van der Waals surface area contributed by atoms with Crippen LogP contribution in [0, 0.1) is 0 Å². The fraction of sp³-hybridized carbons (Fsp3) is 0.0455. The molecule has 0 amide bonds. The lowest BCUT2D eigenvalue weighted by molar-refractivity contribution is 0.308. The predicted octanol–water partition coefficient (Wildman–Crippen LogP) is 6.24. The van der Waals surface area contributed by atoms with E-state index in [4.69, 9.17) is 9.72 Å². The van der Waals surface area contributed by atoms with E-state index < -0.39 is 0 Å². The second-order valence-electron chi connectivity index (χ2n) is 5.76. The summed E-state index contributed by atoms with van der Waals surface area (Å²) in [7, 11) is 0. The molecule has 4 rings (SSSR count). The van der Waals surface area contributed by atoms with Crippen LogP contribution in [-0.2, 0) is 6.61 Å². The molecular weight excluding hydrogens is 374 g/mol. The van der Waals surface area contributed by atoms with Gasteiger partial charge in [0.2, 0.25) is 0 Å². The summed E-state index contributed by atoms with van der Waals surface area (Å²) >= 11 is 3.73. The zero-order valence-corrected chi connectivity index (χ0v) is 15.1. The summed E-state index contributed by atoms with van der Waals surface area (Å²) in [5.41, 5.74) is 4.01. The van der Waals surface area contributed by atoms with E-state index in [-0.39, 0.29) is 0 Å². The van der Waals surface area contributed by atoms with Gasteiger partial charge in [0, 0.05) is 10.9 Å². The van der Waals surface area contributed by atoms with Gasteiger partial charge in [0.05, 0.1) is 15.7 Å². The summed E-state index contributed by atoms with van der Waals surface area (Å²) in [6.45, 7) is 0.516. The Morgan fingerprint density at radius 1 is 0.760 bits per heavy atom. The highest BCUT2D eigenvalue weighted by Crippen LogP contribution is 2.39. The molecule has 0 unspecified atom stereocenters. The Labute approximate surface area is 155 Å². The molecule has 0 atom stereocenters. The molecule has 0 aliphatic rings. The molecule has 0 radical (unpaired) electrons. The van der Waals surface area contributed by atoms with Crippen LogP contribution in [-0.4, -0.2) is 4.98 Å². The summed E-state index contributed by atoms with van der Waals surface area (Å²) < 4.78 is 7.09. The number of rotatable bonds is 4. The van der Waals surface area contributed by atoms with E-state index in [9.17, 15) is 0 Å². The van der Waals surface area contributed by atoms with Crippen LogP contribution >= 0.6 is 15.9 Å². The molecule has 25 heavy (non-hydrogen) atoms. The van der Waals surface area contributed by atoms with Crippen molar-refractivity contribution >= 4 is 26.8 Å². The van der Waals surface area contributed by atoms with Gasteiger partial charge >= 0.3 is 0 Å². The zero-order chi connectivity index (χ0) is 17.1. The number of fused-ring (bicyclic) bond motifs is 1. The molecule has 0 saturated heterocycles. The van der Waals surface area contributed by atoms with E-state index >= 15 is 0 Å². The number of benzene rings is 3. The normalized spacial score (nSPS) is 10.8. The van der Waals surface area contributed by atoms with Crippen LogP contribution in [0.25, 0.3) is 22.2 Å². The SMILES string of the molecule is Brc1c(-c2ccccc2)nc2ccccc2c1OCc1ccccc1. The summed E-state index contributed by atoms with van der Waals surface area (Å²) in [6.07, 6.45) is 0. The highest BCUT2D eigenvalue weighted by atomic mass is 79.9. The maximum atomic E-state index is 6.21. The number of hydrogen-bond acceptors (Lipinski definition) is 2. The Hall–Kier alpha value is -2.65.